The van der Waals surface area contributed by atoms with Crippen molar-refractivity contribution in [3.63, 3.8) is 0 Å². The molecule has 7 heteroatoms. The van der Waals surface area contributed by atoms with Crippen molar-refractivity contribution in [2.75, 3.05) is 20.2 Å². The number of nitrogens with zero attached hydrogens (tertiary/aromatic N) is 1. The minimum absolute atomic E-state index is 0.0323. The average molecular weight is 395 g/mol. The van der Waals surface area contributed by atoms with Crippen LogP contribution in [0.4, 0.5) is 0 Å². The molecule has 27 heavy (non-hydrogen) atoms. The van der Waals surface area contributed by atoms with Crippen LogP contribution in [0.25, 0.3) is 0 Å². The number of benzene rings is 1. The molecule has 150 valence electrons. The molecule has 1 aliphatic carbocycles. The Kier molecular flexibility index (Phi) is 6.76. The van der Waals surface area contributed by atoms with E-state index in [0.717, 1.165) is 51.4 Å². The van der Waals surface area contributed by atoms with Crippen molar-refractivity contribution in [3.8, 4) is 5.75 Å². The fraction of sp³-hybridized carbons (Fsp3) is 0.650. The van der Waals surface area contributed by atoms with Gasteiger partial charge >= 0.3 is 0 Å². The van der Waals surface area contributed by atoms with E-state index in [1.165, 1.54) is 25.7 Å². The lowest BCUT2D eigenvalue weighted by Gasteiger charge is -2.22. The number of sulfonamides is 1. The topological polar surface area (TPSA) is 75.7 Å². The lowest BCUT2D eigenvalue weighted by atomic mass is 9.97. The molecule has 2 aliphatic rings. The highest BCUT2D eigenvalue weighted by Gasteiger charge is 2.26. The summed E-state index contributed by atoms with van der Waals surface area (Å²) in [5.74, 6) is 0.254. The molecule has 0 aromatic heterocycles. The first-order valence-electron chi connectivity index (χ1n) is 10.0. The van der Waals surface area contributed by atoms with Gasteiger partial charge in [-0.3, -0.25) is 4.79 Å². The van der Waals surface area contributed by atoms with E-state index in [0.29, 0.717) is 24.4 Å². The molecule has 6 nitrogen and oxygen atoms in total. The molecule has 1 heterocycles. The number of ether oxygens (including phenoxy) is 1. The SMILES string of the molecule is COc1ccc(S(=O)(=O)NC2CCCCCCC2)cc1C(=O)N1CCCC1. The number of methoxy groups -OCH3 is 1. The highest BCUT2D eigenvalue weighted by Crippen LogP contribution is 2.26. The van der Waals surface area contributed by atoms with Crippen molar-refractivity contribution in [2.24, 2.45) is 0 Å². The van der Waals surface area contributed by atoms with Crippen LogP contribution in [0.2, 0.25) is 0 Å². The number of rotatable bonds is 5. The van der Waals surface area contributed by atoms with E-state index in [2.05, 4.69) is 4.72 Å². The number of likely N-dealkylation sites (tertiary alicyclic amines) is 1. The molecule has 0 unspecified atom stereocenters. The molecular weight excluding hydrogens is 364 g/mol. The van der Waals surface area contributed by atoms with Gasteiger partial charge in [0.05, 0.1) is 17.6 Å². The van der Waals surface area contributed by atoms with Crippen LogP contribution in [-0.4, -0.2) is 45.5 Å². The van der Waals surface area contributed by atoms with E-state index in [1.807, 2.05) is 0 Å². The third-order valence-electron chi connectivity index (χ3n) is 5.53. The zero-order valence-electron chi connectivity index (χ0n) is 16.1. The van der Waals surface area contributed by atoms with Gasteiger partial charge in [-0.25, -0.2) is 13.1 Å². The zero-order chi connectivity index (χ0) is 19.3. The maximum absolute atomic E-state index is 12.9. The molecule has 0 radical (unpaired) electrons. The van der Waals surface area contributed by atoms with E-state index in [-0.39, 0.29) is 16.8 Å². The predicted octanol–water partition coefficient (Wildman–Crippen LogP) is 3.32. The first kappa shape index (κ1) is 20.1. The van der Waals surface area contributed by atoms with Gasteiger partial charge in [-0.15, -0.1) is 0 Å². The summed E-state index contributed by atoms with van der Waals surface area (Å²) in [4.78, 5) is 14.7. The summed E-state index contributed by atoms with van der Waals surface area (Å²) in [7, 11) is -2.17. The molecule has 3 rings (SSSR count). The molecule has 0 spiro atoms. The van der Waals surface area contributed by atoms with Crippen molar-refractivity contribution >= 4 is 15.9 Å². The van der Waals surface area contributed by atoms with Crippen LogP contribution in [-0.2, 0) is 10.0 Å². The van der Waals surface area contributed by atoms with E-state index in [4.69, 9.17) is 4.74 Å². The summed E-state index contributed by atoms with van der Waals surface area (Å²) in [5.41, 5.74) is 0.319. The lowest BCUT2D eigenvalue weighted by Crippen LogP contribution is -2.35. The Labute approximate surface area is 162 Å². The Morgan fingerprint density at radius 1 is 1.04 bits per heavy atom. The largest absolute Gasteiger partial charge is 0.496 e. The van der Waals surface area contributed by atoms with Crippen molar-refractivity contribution in [3.05, 3.63) is 23.8 Å². The quantitative estimate of drug-likeness (QED) is 0.831. The van der Waals surface area contributed by atoms with Crippen LogP contribution in [0.15, 0.2) is 23.1 Å². The fourth-order valence-corrected chi connectivity index (χ4v) is 5.30. The molecule has 2 fully saturated rings. The van der Waals surface area contributed by atoms with E-state index in [9.17, 15) is 13.2 Å². The number of amides is 1. The molecule has 1 N–H and O–H groups in total. The monoisotopic (exact) mass is 394 g/mol. The summed E-state index contributed by atoms with van der Waals surface area (Å²) in [6.07, 6.45) is 9.36. The second-order valence-corrected chi connectivity index (χ2v) is 9.24. The van der Waals surface area contributed by atoms with E-state index < -0.39 is 10.0 Å². The predicted molar refractivity (Wildman–Crippen MR) is 105 cm³/mol. The molecule has 0 atom stereocenters. The highest BCUT2D eigenvalue weighted by molar-refractivity contribution is 7.89. The summed E-state index contributed by atoms with van der Waals surface area (Å²) in [6, 6.07) is 4.53. The molecule has 0 bridgehead atoms. The van der Waals surface area contributed by atoms with Crippen molar-refractivity contribution in [2.45, 2.75) is 68.7 Å². The maximum atomic E-state index is 12.9. The van der Waals surface area contributed by atoms with Crippen molar-refractivity contribution < 1.29 is 17.9 Å². The molecule has 1 amide bonds. The molecule has 1 aliphatic heterocycles. The fourth-order valence-electron chi connectivity index (χ4n) is 3.97. The maximum Gasteiger partial charge on any atom is 0.257 e. The Hall–Kier alpha value is -1.60. The van der Waals surface area contributed by atoms with Gasteiger partial charge in [-0.2, -0.15) is 0 Å². The zero-order valence-corrected chi connectivity index (χ0v) is 16.9. The first-order chi connectivity index (χ1) is 13.0. The van der Waals surface area contributed by atoms with E-state index >= 15 is 0 Å². The highest BCUT2D eigenvalue weighted by atomic mass is 32.2. The third kappa shape index (κ3) is 5.02. The van der Waals surface area contributed by atoms with Gasteiger partial charge in [-0.05, 0) is 43.9 Å². The minimum Gasteiger partial charge on any atom is -0.496 e. The Morgan fingerprint density at radius 3 is 2.30 bits per heavy atom. The van der Waals surface area contributed by atoms with E-state index in [1.54, 1.807) is 11.0 Å². The van der Waals surface area contributed by atoms with Gasteiger partial charge in [0.1, 0.15) is 5.75 Å². The normalized spacial score (nSPS) is 19.5. The molecular formula is C20H30N2O4S. The van der Waals surface area contributed by atoms with Crippen molar-refractivity contribution in [1.29, 1.82) is 0 Å². The first-order valence-corrected chi connectivity index (χ1v) is 11.5. The van der Waals surface area contributed by atoms with Crippen LogP contribution in [0.3, 0.4) is 0 Å². The number of hydrogen-bond acceptors (Lipinski definition) is 4. The Bertz CT molecular complexity index is 749. The average Bonchev–Trinajstić information content (AvgIpc) is 3.17. The Balaban J connectivity index is 1.81. The van der Waals surface area contributed by atoms with Gasteiger partial charge in [-0.1, -0.05) is 32.1 Å². The van der Waals surface area contributed by atoms with Crippen LogP contribution in [0.1, 0.15) is 68.1 Å². The second kappa shape index (κ2) is 9.06. The van der Waals surface area contributed by atoms with Gasteiger partial charge in [0.15, 0.2) is 0 Å². The van der Waals surface area contributed by atoms with Crippen LogP contribution in [0.5, 0.6) is 5.75 Å². The second-order valence-electron chi connectivity index (χ2n) is 7.52. The van der Waals surface area contributed by atoms with Crippen molar-refractivity contribution in [1.82, 2.24) is 9.62 Å². The smallest absolute Gasteiger partial charge is 0.257 e. The number of carbonyl (C=O) groups is 1. The summed E-state index contributed by atoms with van der Waals surface area (Å²) >= 11 is 0. The summed E-state index contributed by atoms with van der Waals surface area (Å²) in [6.45, 7) is 1.42. The summed E-state index contributed by atoms with van der Waals surface area (Å²) in [5, 5.41) is 0. The number of hydrogen-bond donors (Lipinski definition) is 1. The van der Waals surface area contributed by atoms with Gasteiger partial charge in [0.2, 0.25) is 10.0 Å². The molecule has 1 saturated carbocycles. The van der Waals surface area contributed by atoms with Crippen LogP contribution >= 0.6 is 0 Å². The number of carbonyl (C=O) groups excluding carboxylic acids is 1. The molecule has 1 aromatic rings. The lowest BCUT2D eigenvalue weighted by molar-refractivity contribution is 0.0789. The third-order valence-corrected chi connectivity index (χ3v) is 7.05. The standard InChI is InChI=1S/C20H30N2O4S/c1-26-19-12-11-17(15-18(19)20(23)22-13-7-8-14-22)27(24,25)21-16-9-5-3-2-4-6-10-16/h11-12,15-16,21H,2-10,13-14H2,1H3. The van der Waals surface area contributed by atoms with Gasteiger partial charge in [0.25, 0.3) is 5.91 Å². The van der Waals surface area contributed by atoms with Gasteiger partial charge in [0, 0.05) is 19.1 Å². The van der Waals surface area contributed by atoms with Gasteiger partial charge < -0.3 is 9.64 Å². The minimum atomic E-state index is -3.67. The molecule has 1 aromatic carbocycles. The number of nitrogens with one attached hydrogen (secondary N) is 1. The molecule has 1 saturated heterocycles. The van der Waals surface area contributed by atoms with Crippen LogP contribution in [0, 0.1) is 0 Å². The van der Waals surface area contributed by atoms with Crippen LogP contribution < -0.4 is 9.46 Å². The summed E-state index contributed by atoms with van der Waals surface area (Å²) < 4.78 is 34.0. The Morgan fingerprint density at radius 2 is 1.67 bits per heavy atom.